The molecule has 0 aromatic carbocycles. The average Bonchev–Trinajstić information content (AvgIpc) is 2.99. The van der Waals surface area contributed by atoms with Crippen LogP contribution in [0.4, 0.5) is 0 Å². The van der Waals surface area contributed by atoms with E-state index in [1.807, 2.05) is 10.9 Å². The Morgan fingerprint density at radius 3 is 3.00 bits per heavy atom. The molecule has 1 aromatic rings. The lowest BCUT2D eigenvalue weighted by molar-refractivity contribution is 0.181. The fourth-order valence-electron chi connectivity index (χ4n) is 2.41. The van der Waals surface area contributed by atoms with Crippen LogP contribution in [0.25, 0.3) is 0 Å². The molecule has 0 radical (unpaired) electrons. The van der Waals surface area contributed by atoms with E-state index >= 15 is 0 Å². The molecule has 102 valence electrons. The summed E-state index contributed by atoms with van der Waals surface area (Å²) < 4.78 is 7.39. The highest BCUT2D eigenvalue weighted by atomic mass is 16.5. The van der Waals surface area contributed by atoms with E-state index in [-0.39, 0.29) is 6.04 Å². The molecule has 0 amide bonds. The second kappa shape index (κ2) is 6.31. The molecule has 5 heteroatoms. The number of nitrogens with zero attached hydrogens (tertiary/aromatic N) is 2. The van der Waals surface area contributed by atoms with Gasteiger partial charge < -0.3 is 4.74 Å². The molecule has 0 spiro atoms. The third-order valence-electron chi connectivity index (χ3n) is 3.53. The zero-order valence-electron chi connectivity index (χ0n) is 11.3. The van der Waals surface area contributed by atoms with E-state index in [2.05, 4.69) is 30.4 Å². The molecule has 0 bridgehead atoms. The van der Waals surface area contributed by atoms with Crippen molar-refractivity contribution in [1.82, 2.24) is 15.2 Å². The van der Waals surface area contributed by atoms with Gasteiger partial charge in [0.1, 0.15) is 0 Å². The number of hydrazine groups is 1. The van der Waals surface area contributed by atoms with Crippen molar-refractivity contribution < 1.29 is 4.74 Å². The number of nitrogens with one attached hydrogen (secondary N) is 1. The Bertz CT molecular complexity index is 358. The van der Waals surface area contributed by atoms with Crippen molar-refractivity contribution in [2.45, 2.75) is 45.2 Å². The lowest BCUT2D eigenvalue weighted by Crippen LogP contribution is -2.38. The van der Waals surface area contributed by atoms with Crippen molar-refractivity contribution in [2.24, 2.45) is 11.8 Å². The molecule has 1 saturated heterocycles. The van der Waals surface area contributed by atoms with Crippen LogP contribution in [0, 0.1) is 5.92 Å². The molecule has 2 heterocycles. The van der Waals surface area contributed by atoms with Crippen molar-refractivity contribution in [3.63, 3.8) is 0 Å². The van der Waals surface area contributed by atoms with Gasteiger partial charge in [-0.25, -0.2) is 0 Å². The van der Waals surface area contributed by atoms with E-state index in [1.165, 1.54) is 0 Å². The number of hydrogen-bond acceptors (Lipinski definition) is 4. The molecule has 1 aromatic heterocycles. The van der Waals surface area contributed by atoms with Gasteiger partial charge in [0.25, 0.3) is 0 Å². The van der Waals surface area contributed by atoms with Gasteiger partial charge in [-0.2, -0.15) is 5.10 Å². The maximum Gasteiger partial charge on any atom is 0.0640 e. The molecule has 2 rings (SSSR count). The van der Waals surface area contributed by atoms with Crippen LogP contribution in [0.2, 0.25) is 0 Å². The van der Waals surface area contributed by atoms with Gasteiger partial charge in [0.15, 0.2) is 0 Å². The highest BCUT2D eigenvalue weighted by Gasteiger charge is 2.21. The lowest BCUT2D eigenvalue weighted by atomic mass is 9.97. The first-order valence-electron chi connectivity index (χ1n) is 6.77. The third-order valence-corrected chi connectivity index (χ3v) is 3.53. The molecule has 1 aliphatic heterocycles. The Morgan fingerprint density at radius 2 is 2.44 bits per heavy atom. The summed E-state index contributed by atoms with van der Waals surface area (Å²) in [6.45, 7) is 6.03. The van der Waals surface area contributed by atoms with Crippen LogP contribution in [-0.2, 0) is 11.2 Å². The van der Waals surface area contributed by atoms with Gasteiger partial charge in [0.2, 0.25) is 0 Å². The summed E-state index contributed by atoms with van der Waals surface area (Å²) in [6.07, 6.45) is 5.13. The molecule has 2 unspecified atom stereocenters. The van der Waals surface area contributed by atoms with E-state index in [1.54, 1.807) is 0 Å². The largest absolute Gasteiger partial charge is 0.381 e. The minimum Gasteiger partial charge on any atom is -0.381 e. The smallest absolute Gasteiger partial charge is 0.0640 e. The molecule has 5 nitrogen and oxygen atoms in total. The standard InChI is InChI=1S/C13H24N4O/c1-10(2)17-5-3-12(16-17)8-13(15-14)7-11-4-6-18-9-11/h3,5,10-11,13,15H,4,6-9,14H2,1-2H3. The summed E-state index contributed by atoms with van der Waals surface area (Å²) in [7, 11) is 0. The van der Waals surface area contributed by atoms with Crippen molar-refractivity contribution in [2.75, 3.05) is 13.2 Å². The van der Waals surface area contributed by atoms with E-state index in [0.717, 1.165) is 38.2 Å². The molecule has 0 saturated carbocycles. The fourth-order valence-corrected chi connectivity index (χ4v) is 2.41. The first-order valence-corrected chi connectivity index (χ1v) is 6.77. The van der Waals surface area contributed by atoms with Crippen LogP contribution in [0.1, 0.15) is 38.4 Å². The minimum atomic E-state index is 0.284. The zero-order chi connectivity index (χ0) is 13.0. The van der Waals surface area contributed by atoms with Gasteiger partial charge in [-0.1, -0.05) is 0 Å². The fraction of sp³-hybridized carbons (Fsp3) is 0.769. The van der Waals surface area contributed by atoms with Gasteiger partial charge >= 0.3 is 0 Å². The Hall–Kier alpha value is -0.910. The van der Waals surface area contributed by atoms with E-state index in [0.29, 0.717) is 12.0 Å². The minimum absolute atomic E-state index is 0.284. The number of hydrogen-bond donors (Lipinski definition) is 2. The van der Waals surface area contributed by atoms with Crippen LogP contribution in [0.15, 0.2) is 12.3 Å². The van der Waals surface area contributed by atoms with Crippen LogP contribution in [-0.4, -0.2) is 29.0 Å². The SMILES string of the molecule is CC(C)n1ccc(CC(CC2CCOC2)NN)n1. The summed E-state index contributed by atoms with van der Waals surface area (Å²) in [5.41, 5.74) is 4.01. The molecule has 1 fully saturated rings. The third kappa shape index (κ3) is 3.54. The number of nitrogens with two attached hydrogens (primary N) is 1. The summed E-state index contributed by atoms with van der Waals surface area (Å²) in [5.74, 6) is 6.28. The topological polar surface area (TPSA) is 65.1 Å². The molecular formula is C13H24N4O. The van der Waals surface area contributed by atoms with E-state index in [4.69, 9.17) is 10.6 Å². The molecule has 1 aliphatic rings. The van der Waals surface area contributed by atoms with Gasteiger partial charge in [-0.05, 0) is 38.7 Å². The first-order chi connectivity index (χ1) is 8.69. The molecule has 2 atom stereocenters. The van der Waals surface area contributed by atoms with Crippen molar-refractivity contribution in [3.05, 3.63) is 18.0 Å². The van der Waals surface area contributed by atoms with Crippen molar-refractivity contribution in [1.29, 1.82) is 0 Å². The Labute approximate surface area is 109 Å². The number of aromatic nitrogens is 2. The molecular weight excluding hydrogens is 228 g/mol. The van der Waals surface area contributed by atoms with Crippen LogP contribution in [0.5, 0.6) is 0 Å². The Morgan fingerprint density at radius 1 is 1.61 bits per heavy atom. The molecule has 0 aliphatic carbocycles. The first kappa shape index (κ1) is 13.5. The van der Waals surface area contributed by atoms with Crippen LogP contribution < -0.4 is 11.3 Å². The molecule has 3 N–H and O–H groups in total. The van der Waals surface area contributed by atoms with Crippen molar-refractivity contribution >= 4 is 0 Å². The average molecular weight is 252 g/mol. The molecule has 18 heavy (non-hydrogen) atoms. The second-order valence-electron chi connectivity index (χ2n) is 5.41. The second-order valence-corrected chi connectivity index (χ2v) is 5.41. The zero-order valence-corrected chi connectivity index (χ0v) is 11.3. The Kier molecular flexibility index (Phi) is 4.74. The summed E-state index contributed by atoms with van der Waals surface area (Å²) in [5, 5.41) is 4.56. The van der Waals surface area contributed by atoms with E-state index < -0.39 is 0 Å². The quantitative estimate of drug-likeness (QED) is 0.591. The summed E-state index contributed by atoms with van der Waals surface area (Å²) in [6, 6.07) is 2.77. The highest BCUT2D eigenvalue weighted by molar-refractivity contribution is 5.02. The number of ether oxygens (including phenoxy) is 1. The maximum atomic E-state index is 5.64. The lowest BCUT2D eigenvalue weighted by Gasteiger charge is -2.18. The van der Waals surface area contributed by atoms with E-state index in [9.17, 15) is 0 Å². The highest BCUT2D eigenvalue weighted by Crippen LogP contribution is 2.19. The predicted octanol–water partition coefficient (Wildman–Crippen LogP) is 1.26. The Balaban J connectivity index is 1.88. The van der Waals surface area contributed by atoms with Crippen molar-refractivity contribution in [3.8, 4) is 0 Å². The van der Waals surface area contributed by atoms with Gasteiger partial charge in [-0.15, -0.1) is 0 Å². The predicted molar refractivity (Wildman–Crippen MR) is 71.0 cm³/mol. The monoisotopic (exact) mass is 252 g/mol. The number of rotatable bonds is 6. The summed E-state index contributed by atoms with van der Waals surface area (Å²) in [4.78, 5) is 0. The maximum absolute atomic E-state index is 5.64. The van der Waals surface area contributed by atoms with Crippen LogP contribution >= 0.6 is 0 Å². The van der Waals surface area contributed by atoms with Gasteiger partial charge in [0.05, 0.1) is 5.69 Å². The summed E-state index contributed by atoms with van der Waals surface area (Å²) >= 11 is 0. The van der Waals surface area contributed by atoms with Crippen LogP contribution in [0.3, 0.4) is 0 Å². The van der Waals surface area contributed by atoms with Gasteiger partial charge in [0, 0.05) is 37.9 Å². The van der Waals surface area contributed by atoms with Gasteiger partial charge in [-0.3, -0.25) is 16.0 Å². The normalized spacial score (nSPS) is 21.7.